The minimum absolute atomic E-state index is 0.0167. The van der Waals surface area contributed by atoms with Gasteiger partial charge in [-0.15, -0.1) is 11.3 Å². The number of thiazole rings is 1. The lowest BCUT2D eigenvalue weighted by Gasteiger charge is -2.14. The van der Waals surface area contributed by atoms with Crippen molar-refractivity contribution in [3.8, 4) is 5.75 Å². The topological polar surface area (TPSA) is 55.7 Å². The average Bonchev–Trinajstić information content (AvgIpc) is 3.40. The number of nitrogens with one attached hydrogen (secondary N) is 2. The molecule has 2 N–H and O–H groups in total. The number of carbonyl (C=O) groups excluding carboxylic acids is 1. The molecule has 1 aromatic heterocycles. The second kappa shape index (κ2) is 8.99. The van der Waals surface area contributed by atoms with E-state index >= 15 is 0 Å². The Balaban J connectivity index is 1.25. The summed E-state index contributed by atoms with van der Waals surface area (Å²) in [5.41, 5.74) is 4.71. The van der Waals surface area contributed by atoms with E-state index in [-0.39, 0.29) is 11.9 Å². The fourth-order valence-electron chi connectivity index (χ4n) is 3.54. The predicted octanol–water partition coefficient (Wildman–Crippen LogP) is 2.31. The quantitative estimate of drug-likeness (QED) is 0.647. The smallest absolute Gasteiger partial charge is 0.251 e. The van der Waals surface area contributed by atoms with Crippen LogP contribution < -0.4 is 15.0 Å². The minimum atomic E-state index is -0.0167. The molecule has 1 amide bonds. The van der Waals surface area contributed by atoms with Crippen molar-refractivity contribution in [3.05, 3.63) is 82.3 Å². The van der Waals surface area contributed by atoms with Gasteiger partial charge in [0.25, 0.3) is 5.91 Å². The molecule has 1 aliphatic rings. The van der Waals surface area contributed by atoms with Crippen molar-refractivity contribution >= 4 is 17.2 Å². The van der Waals surface area contributed by atoms with Crippen molar-refractivity contribution in [3.63, 3.8) is 0 Å². The number of hydrogen-bond donors (Lipinski definition) is 2. The molecule has 28 heavy (non-hydrogen) atoms. The Morgan fingerprint density at radius 3 is 2.75 bits per heavy atom. The van der Waals surface area contributed by atoms with Crippen LogP contribution in [0.5, 0.6) is 5.75 Å². The first-order valence-corrected chi connectivity index (χ1v) is 10.5. The molecule has 2 heterocycles. The Hall–Kier alpha value is -2.70. The van der Waals surface area contributed by atoms with Gasteiger partial charge in [-0.05, 0) is 24.3 Å². The largest absolute Gasteiger partial charge is 0.487 e. The van der Waals surface area contributed by atoms with Crippen LogP contribution >= 0.6 is 11.3 Å². The molecule has 2 aromatic carbocycles. The van der Waals surface area contributed by atoms with E-state index in [1.807, 2.05) is 35.7 Å². The summed E-state index contributed by atoms with van der Waals surface area (Å²) < 4.78 is 5.70. The van der Waals surface area contributed by atoms with E-state index in [4.69, 9.17) is 4.74 Å². The van der Waals surface area contributed by atoms with Crippen LogP contribution in [-0.4, -0.2) is 30.0 Å². The van der Waals surface area contributed by atoms with E-state index in [0.717, 1.165) is 37.5 Å². The van der Waals surface area contributed by atoms with Crippen molar-refractivity contribution < 1.29 is 14.4 Å². The first-order chi connectivity index (χ1) is 13.8. The van der Waals surface area contributed by atoms with Crippen LogP contribution in [0.25, 0.3) is 0 Å². The molecule has 1 unspecified atom stereocenters. The van der Waals surface area contributed by atoms with Gasteiger partial charge in [-0.3, -0.25) is 4.79 Å². The third kappa shape index (κ3) is 4.97. The van der Waals surface area contributed by atoms with E-state index in [9.17, 15) is 4.79 Å². The Kier molecular flexibility index (Phi) is 5.99. The van der Waals surface area contributed by atoms with Gasteiger partial charge < -0.3 is 15.0 Å². The van der Waals surface area contributed by atoms with Gasteiger partial charge in [0.1, 0.15) is 18.9 Å². The highest BCUT2D eigenvalue weighted by atomic mass is 32.1. The minimum Gasteiger partial charge on any atom is -0.487 e. The standard InChI is InChI=1S/C22H23N3O2S/c26-22(18-6-8-21(9-7-18)27-14-20-15-28-16-23-20)24-19-10-11-25(13-19)12-17-4-2-1-3-5-17/h1-9,15-16,19H,10-14H2,(H,24,26)/p+1/t19-/m1/s1. The maximum absolute atomic E-state index is 12.6. The zero-order valence-electron chi connectivity index (χ0n) is 15.6. The van der Waals surface area contributed by atoms with Crippen LogP contribution in [0, 0.1) is 0 Å². The number of carbonyl (C=O) groups is 1. The summed E-state index contributed by atoms with van der Waals surface area (Å²) in [4.78, 5) is 18.3. The highest BCUT2D eigenvalue weighted by Gasteiger charge is 2.27. The molecule has 0 spiro atoms. The molecular weight excluding hydrogens is 370 g/mol. The van der Waals surface area contributed by atoms with Crippen LogP contribution in [0.2, 0.25) is 0 Å². The lowest BCUT2D eigenvalue weighted by atomic mass is 10.2. The lowest BCUT2D eigenvalue weighted by molar-refractivity contribution is -0.901. The third-order valence-electron chi connectivity index (χ3n) is 5.00. The molecule has 0 aliphatic carbocycles. The van der Waals surface area contributed by atoms with Crippen molar-refractivity contribution in [1.82, 2.24) is 10.3 Å². The van der Waals surface area contributed by atoms with Gasteiger partial charge in [0, 0.05) is 22.9 Å². The summed E-state index contributed by atoms with van der Waals surface area (Å²) in [6.07, 6.45) is 1.02. The molecule has 4 rings (SSSR count). The number of hydrogen-bond acceptors (Lipinski definition) is 4. The van der Waals surface area contributed by atoms with Crippen LogP contribution in [0.4, 0.5) is 0 Å². The SMILES string of the molecule is O=C(N[C@@H]1CC[NH+](Cc2ccccc2)C1)c1ccc(OCc2cscn2)cc1. The van der Waals surface area contributed by atoms with Crippen LogP contribution in [-0.2, 0) is 13.2 Å². The number of rotatable bonds is 7. The van der Waals surface area contributed by atoms with E-state index < -0.39 is 0 Å². The third-order valence-corrected chi connectivity index (χ3v) is 5.64. The summed E-state index contributed by atoms with van der Waals surface area (Å²) in [6.45, 7) is 3.51. The Labute approximate surface area is 169 Å². The fourth-order valence-corrected chi connectivity index (χ4v) is 4.08. The molecule has 0 bridgehead atoms. The monoisotopic (exact) mass is 394 g/mol. The molecular formula is C22H24N3O2S+. The van der Waals surface area contributed by atoms with Crippen molar-refractivity contribution in [1.29, 1.82) is 0 Å². The van der Waals surface area contributed by atoms with E-state index in [1.165, 1.54) is 10.5 Å². The second-order valence-electron chi connectivity index (χ2n) is 7.12. The summed E-state index contributed by atoms with van der Waals surface area (Å²) in [6, 6.07) is 18.1. The molecule has 0 saturated carbocycles. The molecule has 1 fully saturated rings. The Morgan fingerprint density at radius 1 is 1.18 bits per heavy atom. The summed E-state index contributed by atoms with van der Waals surface area (Å²) in [7, 11) is 0. The van der Waals surface area contributed by atoms with Gasteiger partial charge in [-0.2, -0.15) is 0 Å². The summed E-state index contributed by atoms with van der Waals surface area (Å²) >= 11 is 1.55. The van der Waals surface area contributed by atoms with Gasteiger partial charge in [0.2, 0.25) is 0 Å². The fraction of sp³-hybridized carbons (Fsp3) is 0.273. The number of benzene rings is 2. The number of ether oxygens (including phenoxy) is 1. The van der Waals surface area contributed by atoms with Crippen LogP contribution in [0.3, 0.4) is 0 Å². The summed E-state index contributed by atoms with van der Waals surface area (Å²) in [5, 5.41) is 5.14. The highest BCUT2D eigenvalue weighted by Crippen LogP contribution is 2.14. The Morgan fingerprint density at radius 2 is 2.00 bits per heavy atom. The van der Waals surface area contributed by atoms with Crippen molar-refractivity contribution in [2.45, 2.75) is 25.6 Å². The van der Waals surface area contributed by atoms with E-state index in [0.29, 0.717) is 12.2 Å². The summed E-state index contributed by atoms with van der Waals surface area (Å²) in [5.74, 6) is 0.723. The maximum Gasteiger partial charge on any atom is 0.251 e. The van der Waals surface area contributed by atoms with Gasteiger partial charge in [0.15, 0.2) is 0 Å². The van der Waals surface area contributed by atoms with E-state index in [1.54, 1.807) is 16.8 Å². The number of quaternary nitrogens is 1. The zero-order chi connectivity index (χ0) is 19.2. The molecule has 1 aliphatic heterocycles. The Bertz CT molecular complexity index is 882. The molecule has 144 valence electrons. The van der Waals surface area contributed by atoms with Crippen LogP contribution in [0.1, 0.15) is 28.0 Å². The molecule has 0 radical (unpaired) electrons. The first kappa shape index (κ1) is 18.7. The zero-order valence-corrected chi connectivity index (χ0v) is 16.5. The molecule has 3 aromatic rings. The average molecular weight is 395 g/mol. The molecule has 6 heteroatoms. The number of amides is 1. The second-order valence-corrected chi connectivity index (χ2v) is 7.84. The molecule has 5 nitrogen and oxygen atoms in total. The maximum atomic E-state index is 12.6. The van der Waals surface area contributed by atoms with Crippen molar-refractivity contribution in [2.75, 3.05) is 13.1 Å². The van der Waals surface area contributed by atoms with Crippen LogP contribution in [0.15, 0.2) is 65.5 Å². The number of aromatic nitrogens is 1. The highest BCUT2D eigenvalue weighted by molar-refractivity contribution is 7.07. The van der Waals surface area contributed by atoms with Crippen molar-refractivity contribution in [2.24, 2.45) is 0 Å². The van der Waals surface area contributed by atoms with Gasteiger partial charge >= 0.3 is 0 Å². The molecule has 1 saturated heterocycles. The van der Waals surface area contributed by atoms with Gasteiger partial charge in [-0.1, -0.05) is 30.3 Å². The van der Waals surface area contributed by atoms with Gasteiger partial charge in [0.05, 0.1) is 30.3 Å². The lowest BCUT2D eigenvalue weighted by Crippen LogP contribution is -3.09. The number of nitrogens with zero attached hydrogens (tertiary/aromatic N) is 1. The predicted molar refractivity (Wildman–Crippen MR) is 110 cm³/mol. The number of likely N-dealkylation sites (tertiary alicyclic amines) is 1. The van der Waals surface area contributed by atoms with Gasteiger partial charge in [-0.25, -0.2) is 4.98 Å². The normalized spacial score (nSPS) is 18.7. The molecule has 2 atom stereocenters. The first-order valence-electron chi connectivity index (χ1n) is 9.54. The van der Waals surface area contributed by atoms with E-state index in [2.05, 4.69) is 34.6 Å².